The van der Waals surface area contributed by atoms with Gasteiger partial charge in [0.05, 0.1) is 24.3 Å². The zero-order valence-electron chi connectivity index (χ0n) is 19.7. The molecule has 1 saturated carbocycles. The number of hydrogen-bond acceptors (Lipinski definition) is 9. The highest BCUT2D eigenvalue weighted by atomic mass is 35.5. The lowest BCUT2D eigenvalue weighted by atomic mass is 10.1. The van der Waals surface area contributed by atoms with Crippen LogP contribution in [0.1, 0.15) is 53.1 Å². The molecule has 4 N–H and O–H groups in total. The van der Waals surface area contributed by atoms with E-state index in [1.807, 2.05) is 32.0 Å². The van der Waals surface area contributed by atoms with Crippen molar-refractivity contribution in [3.05, 3.63) is 70.4 Å². The summed E-state index contributed by atoms with van der Waals surface area (Å²) in [4.78, 5) is 21.6. The predicted octanol–water partition coefficient (Wildman–Crippen LogP) is 2.25. The van der Waals surface area contributed by atoms with E-state index in [0.717, 1.165) is 11.3 Å². The SMILES string of the molecule is Cc1cc(C(=O)c2cncnc2NC2CC(O)C(COS(N)(=O)=O)C2)nn1C(C)c1cccc(Cl)c1. The molecule has 0 spiro atoms. The fraction of sp³-hybridized carbons (Fsp3) is 0.391. The van der Waals surface area contributed by atoms with Crippen molar-refractivity contribution in [1.29, 1.82) is 0 Å². The molecule has 4 atom stereocenters. The monoisotopic (exact) mass is 534 g/mol. The van der Waals surface area contributed by atoms with Crippen molar-refractivity contribution in [2.45, 2.75) is 44.9 Å². The number of rotatable bonds is 9. The Morgan fingerprint density at radius 3 is 2.86 bits per heavy atom. The van der Waals surface area contributed by atoms with E-state index in [4.69, 9.17) is 16.7 Å². The number of carbonyl (C=O) groups is 1. The maximum atomic E-state index is 13.4. The summed E-state index contributed by atoms with van der Waals surface area (Å²) in [5, 5.41) is 23.5. The van der Waals surface area contributed by atoms with Crippen LogP contribution in [0, 0.1) is 12.8 Å². The van der Waals surface area contributed by atoms with Gasteiger partial charge in [0.1, 0.15) is 17.8 Å². The normalized spacial score (nSPS) is 20.9. The molecule has 0 bridgehead atoms. The lowest BCUT2D eigenvalue weighted by Gasteiger charge is -2.16. The van der Waals surface area contributed by atoms with E-state index in [-0.39, 0.29) is 35.7 Å². The van der Waals surface area contributed by atoms with Gasteiger partial charge in [0.2, 0.25) is 5.78 Å². The fourth-order valence-corrected chi connectivity index (χ4v) is 4.99. The molecular formula is C23H27ClN6O5S. The molecule has 1 aliphatic carbocycles. The van der Waals surface area contributed by atoms with E-state index in [0.29, 0.717) is 23.7 Å². The number of aromatic nitrogens is 4. The molecule has 2 aromatic heterocycles. The van der Waals surface area contributed by atoms with E-state index in [1.165, 1.54) is 12.5 Å². The summed E-state index contributed by atoms with van der Waals surface area (Å²) in [6.45, 7) is 3.62. The van der Waals surface area contributed by atoms with Crippen LogP contribution in [-0.4, -0.2) is 57.8 Å². The smallest absolute Gasteiger partial charge is 0.333 e. The van der Waals surface area contributed by atoms with E-state index < -0.39 is 22.3 Å². The molecule has 0 saturated heterocycles. The summed E-state index contributed by atoms with van der Waals surface area (Å²) in [6, 6.07) is 8.77. The van der Waals surface area contributed by atoms with Gasteiger partial charge in [0.15, 0.2) is 0 Å². The van der Waals surface area contributed by atoms with Gasteiger partial charge in [-0.2, -0.15) is 13.5 Å². The Hall–Kier alpha value is -2.90. The highest BCUT2D eigenvalue weighted by molar-refractivity contribution is 7.84. The molecule has 4 unspecified atom stereocenters. The molecule has 3 aromatic rings. The molecule has 0 amide bonds. The number of nitrogens with one attached hydrogen (secondary N) is 1. The van der Waals surface area contributed by atoms with E-state index in [2.05, 4.69) is 24.6 Å². The zero-order chi connectivity index (χ0) is 26.0. The number of carbonyl (C=O) groups excluding carboxylic acids is 1. The average Bonchev–Trinajstić information content (AvgIpc) is 3.38. The van der Waals surface area contributed by atoms with Crippen molar-refractivity contribution in [3.8, 4) is 0 Å². The van der Waals surface area contributed by atoms with E-state index in [9.17, 15) is 18.3 Å². The standard InChI is InChI=1S/C23H27ClN6O5S/c1-13-6-20(29-30(13)14(2)15-4-3-5-17(24)7-15)22(32)19-10-26-12-27-23(19)28-18-8-16(21(31)9-18)11-35-36(25,33)34/h3-7,10,12,14,16,18,21,31H,8-9,11H2,1-2H3,(H2,25,33,34)(H,26,27,28). The summed E-state index contributed by atoms with van der Waals surface area (Å²) < 4.78 is 28.6. The summed E-state index contributed by atoms with van der Waals surface area (Å²) >= 11 is 6.14. The van der Waals surface area contributed by atoms with Crippen LogP contribution in [0.4, 0.5) is 5.82 Å². The number of aliphatic hydroxyl groups excluding tert-OH is 1. The van der Waals surface area contributed by atoms with Crippen molar-refractivity contribution in [1.82, 2.24) is 19.7 Å². The first-order chi connectivity index (χ1) is 17.0. The minimum absolute atomic E-state index is 0.147. The Morgan fingerprint density at radius 2 is 2.14 bits per heavy atom. The fourth-order valence-electron chi connectivity index (χ4n) is 4.42. The van der Waals surface area contributed by atoms with Crippen LogP contribution in [0.3, 0.4) is 0 Å². The summed E-state index contributed by atoms with van der Waals surface area (Å²) in [5.74, 6) is -0.491. The zero-order valence-corrected chi connectivity index (χ0v) is 21.3. The van der Waals surface area contributed by atoms with Crippen LogP contribution in [0.15, 0.2) is 42.9 Å². The maximum absolute atomic E-state index is 13.4. The number of ketones is 1. The van der Waals surface area contributed by atoms with Gasteiger partial charge >= 0.3 is 10.3 Å². The number of aliphatic hydroxyl groups is 1. The second-order valence-corrected chi connectivity index (χ2v) is 10.5. The largest absolute Gasteiger partial charge is 0.393 e. The number of nitrogens with two attached hydrogens (primary N) is 1. The maximum Gasteiger partial charge on any atom is 0.333 e. The van der Waals surface area contributed by atoms with Crippen LogP contribution in [0.25, 0.3) is 0 Å². The summed E-state index contributed by atoms with van der Waals surface area (Å²) in [5.41, 5.74) is 2.23. The highest BCUT2D eigenvalue weighted by Gasteiger charge is 2.35. The van der Waals surface area contributed by atoms with Crippen LogP contribution >= 0.6 is 11.6 Å². The van der Waals surface area contributed by atoms with Crippen LogP contribution in [0.2, 0.25) is 5.02 Å². The first-order valence-corrected chi connectivity index (χ1v) is 13.1. The van der Waals surface area contributed by atoms with Gasteiger partial charge in [-0.15, -0.1) is 0 Å². The minimum atomic E-state index is -4.10. The molecule has 11 nitrogen and oxygen atoms in total. The van der Waals surface area contributed by atoms with Crippen molar-refractivity contribution < 1.29 is 22.5 Å². The number of nitrogens with zero attached hydrogens (tertiary/aromatic N) is 4. The summed E-state index contributed by atoms with van der Waals surface area (Å²) in [6.07, 6.45) is 2.66. The first-order valence-electron chi connectivity index (χ1n) is 11.3. The van der Waals surface area contributed by atoms with Crippen molar-refractivity contribution >= 4 is 33.5 Å². The minimum Gasteiger partial charge on any atom is -0.393 e. The number of benzene rings is 1. The van der Waals surface area contributed by atoms with E-state index in [1.54, 1.807) is 16.8 Å². The molecule has 13 heteroatoms. The Bertz CT molecular complexity index is 1360. The molecule has 1 fully saturated rings. The van der Waals surface area contributed by atoms with Gasteiger partial charge in [0, 0.05) is 28.9 Å². The number of aryl methyl sites for hydroxylation is 1. The molecular weight excluding hydrogens is 508 g/mol. The Morgan fingerprint density at radius 1 is 1.36 bits per heavy atom. The molecule has 192 valence electrons. The molecule has 2 heterocycles. The van der Waals surface area contributed by atoms with Gasteiger partial charge in [0.25, 0.3) is 0 Å². The first kappa shape index (κ1) is 26.2. The van der Waals surface area contributed by atoms with Crippen molar-refractivity contribution in [3.63, 3.8) is 0 Å². The highest BCUT2D eigenvalue weighted by Crippen LogP contribution is 2.30. The number of anilines is 1. The van der Waals surface area contributed by atoms with Gasteiger partial charge < -0.3 is 10.4 Å². The molecule has 0 aliphatic heterocycles. The Balaban J connectivity index is 1.51. The second kappa shape index (κ2) is 10.6. The van der Waals surface area contributed by atoms with E-state index >= 15 is 0 Å². The average molecular weight is 535 g/mol. The second-order valence-electron chi connectivity index (χ2n) is 8.88. The predicted molar refractivity (Wildman–Crippen MR) is 133 cm³/mol. The van der Waals surface area contributed by atoms with Crippen molar-refractivity contribution in [2.24, 2.45) is 11.1 Å². The summed E-state index contributed by atoms with van der Waals surface area (Å²) in [7, 11) is -4.10. The third-order valence-electron chi connectivity index (χ3n) is 6.25. The van der Waals surface area contributed by atoms with Crippen LogP contribution < -0.4 is 10.5 Å². The van der Waals surface area contributed by atoms with Crippen LogP contribution in [-0.2, 0) is 14.5 Å². The van der Waals surface area contributed by atoms with Crippen LogP contribution in [0.5, 0.6) is 0 Å². The molecule has 36 heavy (non-hydrogen) atoms. The van der Waals surface area contributed by atoms with Gasteiger partial charge in [-0.1, -0.05) is 23.7 Å². The number of halogens is 1. The van der Waals surface area contributed by atoms with Gasteiger partial charge in [-0.25, -0.2) is 15.1 Å². The Kier molecular flexibility index (Phi) is 7.71. The Labute approximate surface area is 213 Å². The molecule has 0 radical (unpaired) electrons. The topological polar surface area (TPSA) is 162 Å². The number of hydrogen-bond donors (Lipinski definition) is 3. The quantitative estimate of drug-likeness (QED) is 0.349. The van der Waals surface area contributed by atoms with Gasteiger partial charge in [-0.05, 0) is 50.5 Å². The third kappa shape index (κ3) is 6.08. The lowest BCUT2D eigenvalue weighted by Crippen LogP contribution is -2.24. The van der Waals surface area contributed by atoms with Crippen molar-refractivity contribution in [2.75, 3.05) is 11.9 Å². The molecule has 1 aromatic carbocycles. The molecule has 1 aliphatic rings. The van der Waals surface area contributed by atoms with Gasteiger partial charge in [-0.3, -0.25) is 13.7 Å². The molecule has 4 rings (SSSR count). The lowest BCUT2D eigenvalue weighted by molar-refractivity contribution is 0.101. The third-order valence-corrected chi connectivity index (χ3v) is 6.95.